The topological polar surface area (TPSA) is 148 Å². The number of piperazine rings is 1. The maximum atomic E-state index is 15.3. The molecule has 2 saturated heterocycles. The molecule has 6 aromatic rings. The molecule has 2 aliphatic rings. The van der Waals surface area contributed by atoms with Crippen LogP contribution in [0, 0.1) is 17.0 Å². The number of hydrogen-bond acceptors (Lipinski definition) is 10. The molecule has 362 valence electrons. The van der Waals surface area contributed by atoms with E-state index >= 15 is 4.57 Å². The van der Waals surface area contributed by atoms with Crippen molar-refractivity contribution < 1.29 is 24.6 Å². The van der Waals surface area contributed by atoms with Crippen LogP contribution in [0.1, 0.15) is 66.9 Å². The lowest BCUT2D eigenvalue weighted by Crippen LogP contribution is -2.46. The second kappa shape index (κ2) is 21.2. The molecule has 3 N–H and O–H groups in total. The van der Waals surface area contributed by atoms with Gasteiger partial charge in [-0.2, -0.15) is 0 Å². The first kappa shape index (κ1) is 49.8. The number of thioether (sulfide) groups is 1. The number of aromatic carboxylic acids is 1. The number of carbonyl (C=O) groups is 1. The quantitative estimate of drug-likeness (QED) is 0.0346. The predicted molar refractivity (Wildman–Crippen MR) is 282 cm³/mol. The highest BCUT2D eigenvalue weighted by Gasteiger charge is 2.51. The summed E-state index contributed by atoms with van der Waals surface area (Å²) >= 11 is 7.97. The third kappa shape index (κ3) is 10.5. The van der Waals surface area contributed by atoms with Gasteiger partial charge in [0.1, 0.15) is 5.69 Å². The van der Waals surface area contributed by atoms with E-state index < -0.39 is 29.9 Å². The molecule has 3 heterocycles. The molecule has 69 heavy (non-hydrogen) atoms. The van der Waals surface area contributed by atoms with Crippen LogP contribution in [0.25, 0.3) is 22.4 Å². The maximum Gasteiger partial charge on any atom is 0.338 e. The summed E-state index contributed by atoms with van der Waals surface area (Å²) in [7, 11) is 0.233. The highest BCUT2D eigenvalue weighted by atomic mass is 35.5. The van der Waals surface area contributed by atoms with Crippen molar-refractivity contribution in [3.05, 3.63) is 153 Å². The number of hydroxylamine groups is 1. The summed E-state index contributed by atoms with van der Waals surface area (Å²) < 4.78 is 17.4. The lowest BCUT2D eigenvalue weighted by molar-refractivity contribution is -0.383. The molecule has 16 heteroatoms. The molecule has 2 fully saturated rings. The van der Waals surface area contributed by atoms with Crippen molar-refractivity contribution in [3.8, 4) is 22.4 Å². The Hall–Kier alpha value is -5.60. The third-order valence-corrected chi connectivity index (χ3v) is 18.2. The fourth-order valence-corrected chi connectivity index (χ4v) is 14.4. The van der Waals surface area contributed by atoms with Crippen molar-refractivity contribution in [3.63, 3.8) is 0 Å². The van der Waals surface area contributed by atoms with E-state index in [4.69, 9.17) is 11.6 Å². The van der Waals surface area contributed by atoms with Gasteiger partial charge < -0.3 is 34.9 Å². The largest absolute Gasteiger partial charge is 0.478 e. The summed E-state index contributed by atoms with van der Waals surface area (Å²) in [4.78, 5) is 33.9. The van der Waals surface area contributed by atoms with Crippen LogP contribution < -0.4 is 20.4 Å². The number of rotatable bonds is 17. The van der Waals surface area contributed by atoms with E-state index in [1.165, 1.54) is 6.07 Å². The van der Waals surface area contributed by atoms with Crippen LogP contribution in [0.2, 0.25) is 5.02 Å². The van der Waals surface area contributed by atoms with E-state index in [0.29, 0.717) is 34.1 Å². The fraction of sp³-hybridized carbons (Fsp3) is 0.340. The number of carboxylic acids is 1. The van der Waals surface area contributed by atoms with Crippen molar-refractivity contribution in [2.45, 2.75) is 69.2 Å². The zero-order valence-corrected chi connectivity index (χ0v) is 42.4. The van der Waals surface area contributed by atoms with Gasteiger partial charge in [-0.25, -0.2) is 4.79 Å². The van der Waals surface area contributed by atoms with Crippen molar-refractivity contribution in [2.24, 2.45) is 0 Å². The molecule has 0 bridgehead atoms. The smallest absolute Gasteiger partial charge is 0.338 e. The molecule has 13 nitrogen and oxygen atoms in total. The lowest BCUT2D eigenvalue weighted by Gasteiger charge is -2.37. The number of nitro benzene ring substituents is 1. The Bertz CT molecular complexity index is 2840. The standard InChI is InChI=1S/C53H61ClN7O6PS/c1-35(2)59-37(4)50(53(62)63)51(52(59)39-15-19-41(54)20-16-39)40-11-10-12-44(32-40)58-29-27-57(28-30-58)43-21-17-38(18-22-43)49-31-36(3)61(66)68(49,67)45-23-24-47(48(33-45)60(64)65)55-42(25-26-56(5)6)34-69-46-13-8-7-9-14-46/h7-24,32-33,35-36,42,49,55,66H,25-31,34H2,1-6H3,(H,62,63)/t36-,42+,49-,68?/m0/s1. The third-order valence-electron chi connectivity index (χ3n) is 13.4. The Morgan fingerprint density at radius 1 is 0.899 bits per heavy atom. The van der Waals surface area contributed by atoms with Crippen molar-refractivity contribution >= 4 is 64.7 Å². The van der Waals surface area contributed by atoms with Gasteiger partial charge in [0.25, 0.3) is 5.69 Å². The molecular weight excluding hydrogens is 929 g/mol. The second-order valence-electron chi connectivity index (χ2n) is 18.6. The summed E-state index contributed by atoms with van der Waals surface area (Å²) in [5.41, 5.74) is 6.65. The van der Waals surface area contributed by atoms with E-state index in [0.717, 1.165) is 82.6 Å². The van der Waals surface area contributed by atoms with Crippen LogP contribution in [-0.4, -0.2) is 100 Å². The molecule has 0 radical (unpaired) electrons. The molecule has 5 aromatic carbocycles. The number of benzene rings is 5. The molecule has 0 aliphatic carbocycles. The highest BCUT2D eigenvalue weighted by Crippen LogP contribution is 2.68. The van der Waals surface area contributed by atoms with Crippen LogP contribution >= 0.6 is 30.7 Å². The normalized spacial score (nSPS) is 19.1. The number of halogens is 1. The molecule has 1 unspecified atom stereocenters. The zero-order valence-electron chi connectivity index (χ0n) is 40.0. The molecule has 0 saturated carbocycles. The van der Waals surface area contributed by atoms with Crippen molar-refractivity contribution in [1.82, 2.24) is 14.3 Å². The minimum atomic E-state index is -3.77. The predicted octanol–water partition coefficient (Wildman–Crippen LogP) is 12.0. The van der Waals surface area contributed by atoms with Crippen LogP contribution in [0.3, 0.4) is 0 Å². The molecule has 1 aromatic heterocycles. The first-order valence-electron chi connectivity index (χ1n) is 23.5. The number of hydrogen-bond donors (Lipinski definition) is 3. The Kier molecular flexibility index (Phi) is 15.3. The molecule has 4 atom stereocenters. The van der Waals surface area contributed by atoms with Crippen molar-refractivity contribution in [1.29, 1.82) is 0 Å². The molecule has 0 amide bonds. The first-order chi connectivity index (χ1) is 33.0. The maximum absolute atomic E-state index is 15.3. The molecule has 8 rings (SSSR count). The van der Waals surface area contributed by atoms with Gasteiger partial charge in [0.2, 0.25) is 7.29 Å². The van der Waals surface area contributed by atoms with E-state index in [2.05, 4.69) is 50.6 Å². The van der Waals surface area contributed by atoms with Crippen LogP contribution in [-0.2, 0) is 4.57 Å². The van der Waals surface area contributed by atoms with Gasteiger partial charge in [0.05, 0.1) is 21.8 Å². The van der Waals surface area contributed by atoms with Crippen LogP contribution in [0.5, 0.6) is 0 Å². The molecule has 2 aliphatic heterocycles. The summed E-state index contributed by atoms with van der Waals surface area (Å²) in [6.45, 7) is 11.5. The number of aromatic nitrogens is 1. The molecule has 0 spiro atoms. The van der Waals surface area contributed by atoms with E-state index in [1.807, 2.05) is 119 Å². The lowest BCUT2D eigenvalue weighted by atomic mass is 9.96. The highest BCUT2D eigenvalue weighted by molar-refractivity contribution is 7.99. The van der Waals surface area contributed by atoms with Crippen LogP contribution in [0.15, 0.2) is 126 Å². The minimum Gasteiger partial charge on any atom is -0.478 e. The Labute approximate surface area is 414 Å². The average molecular weight is 991 g/mol. The van der Waals surface area contributed by atoms with Gasteiger partial charge in [-0.3, -0.25) is 14.7 Å². The van der Waals surface area contributed by atoms with Gasteiger partial charge in [-0.1, -0.05) is 66.2 Å². The average Bonchev–Trinajstić information content (AvgIpc) is 3.79. The fourth-order valence-electron chi connectivity index (χ4n) is 9.94. The Balaban J connectivity index is 0.992. The van der Waals surface area contributed by atoms with Gasteiger partial charge in [0.15, 0.2) is 0 Å². The summed E-state index contributed by atoms with van der Waals surface area (Å²) in [5.74, 6) is -0.280. The Morgan fingerprint density at radius 2 is 1.57 bits per heavy atom. The number of anilines is 3. The Morgan fingerprint density at radius 3 is 2.19 bits per heavy atom. The van der Waals surface area contributed by atoms with Gasteiger partial charge >= 0.3 is 5.97 Å². The SMILES string of the molecule is Cc1c(C(=O)O)c(-c2cccc(N3CCN(c4ccc([C@@H]5C[C@H](C)N(O)P5(=O)c5ccc(N[C@H](CCN(C)C)CSc6ccccc6)c([N+](=O)[O-])c5)cc4)CC3)c2)c(-c2ccc(Cl)cc2)n1C(C)C. The van der Waals surface area contributed by atoms with E-state index in [1.54, 1.807) is 23.9 Å². The van der Waals surface area contributed by atoms with Crippen molar-refractivity contribution in [2.75, 3.05) is 67.7 Å². The number of nitro groups is 1. The minimum absolute atomic E-state index is 0.0134. The number of carboxylic acid groups (broad SMARTS) is 1. The second-order valence-corrected chi connectivity index (χ2v) is 23.0. The summed E-state index contributed by atoms with van der Waals surface area (Å²) in [6, 6.07) is 38.0. The molecular formula is C53H61ClN7O6PS. The van der Waals surface area contributed by atoms with Gasteiger partial charge in [-0.05, 0) is 139 Å². The van der Waals surface area contributed by atoms with Gasteiger partial charge in [0, 0.05) is 94.0 Å². The zero-order chi connectivity index (χ0) is 49.1. The van der Waals surface area contributed by atoms with Gasteiger partial charge in [-0.15, -0.1) is 16.6 Å². The number of nitrogens with zero attached hydrogens (tertiary/aromatic N) is 6. The monoisotopic (exact) mass is 989 g/mol. The van der Waals surface area contributed by atoms with E-state index in [9.17, 15) is 25.2 Å². The first-order valence-corrected chi connectivity index (χ1v) is 26.5. The summed E-state index contributed by atoms with van der Waals surface area (Å²) in [5, 5.41) is 39.0. The summed E-state index contributed by atoms with van der Waals surface area (Å²) in [6.07, 6.45) is 1.17. The van der Waals surface area contributed by atoms with Crippen LogP contribution in [0.4, 0.5) is 22.7 Å². The number of nitrogens with one attached hydrogen (secondary N) is 1. The van der Waals surface area contributed by atoms with E-state index in [-0.39, 0.29) is 28.6 Å².